The number of H-pyrrole nitrogens is 1. The second-order valence-electron chi connectivity index (χ2n) is 7.01. The molecule has 0 bridgehead atoms. The molecule has 2 aromatic rings. The van der Waals surface area contributed by atoms with Crippen LogP contribution in [0.2, 0.25) is 0 Å². The van der Waals surface area contributed by atoms with E-state index in [-0.39, 0.29) is 5.56 Å². The predicted octanol–water partition coefficient (Wildman–Crippen LogP) is 2.59. The summed E-state index contributed by atoms with van der Waals surface area (Å²) in [5.74, 6) is 2.28. The van der Waals surface area contributed by atoms with Crippen LogP contribution < -0.4 is 10.9 Å². The van der Waals surface area contributed by atoms with E-state index in [1.807, 2.05) is 19.1 Å². The van der Waals surface area contributed by atoms with E-state index in [0.29, 0.717) is 11.4 Å². The molecule has 1 aliphatic heterocycles. The zero-order chi connectivity index (χ0) is 17.8. The zero-order valence-corrected chi connectivity index (χ0v) is 15.3. The molecule has 0 saturated carbocycles. The standard InChI is InChI=1S/C19H27N5O/c1-13-6-9-24(10-7-13)11-8-20-17-5-4-16(12-21-17)18-22-15(3)14(2)19(25)23-18/h4-5,12-13H,6-11H2,1-3H3,(H,20,21)(H,22,23,25). The van der Waals surface area contributed by atoms with Gasteiger partial charge in [-0.25, -0.2) is 9.97 Å². The number of hydrogen-bond acceptors (Lipinski definition) is 5. The van der Waals surface area contributed by atoms with Crippen molar-refractivity contribution in [1.82, 2.24) is 19.9 Å². The summed E-state index contributed by atoms with van der Waals surface area (Å²) in [5.41, 5.74) is 2.12. The van der Waals surface area contributed by atoms with E-state index in [9.17, 15) is 4.79 Å². The Hall–Kier alpha value is -2.21. The molecule has 1 fully saturated rings. The number of aromatic amines is 1. The molecule has 1 aliphatic rings. The highest BCUT2D eigenvalue weighted by Crippen LogP contribution is 2.17. The Morgan fingerprint density at radius 3 is 2.68 bits per heavy atom. The van der Waals surface area contributed by atoms with Crippen molar-refractivity contribution in [3.05, 3.63) is 39.9 Å². The van der Waals surface area contributed by atoms with Gasteiger partial charge in [0.25, 0.3) is 5.56 Å². The molecule has 0 radical (unpaired) electrons. The molecule has 0 aromatic carbocycles. The van der Waals surface area contributed by atoms with Gasteiger partial charge in [0.2, 0.25) is 0 Å². The fraction of sp³-hybridized carbons (Fsp3) is 0.526. The third kappa shape index (κ3) is 4.45. The molecular weight excluding hydrogens is 314 g/mol. The Labute approximate surface area is 148 Å². The third-order valence-electron chi connectivity index (χ3n) is 5.04. The Bertz CT molecular complexity index is 760. The van der Waals surface area contributed by atoms with Crippen molar-refractivity contribution in [2.45, 2.75) is 33.6 Å². The summed E-state index contributed by atoms with van der Waals surface area (Å²) >= 11 is 0. The molecule has 3 rings (SSSR count). The average Bonchev–Trinajstić information content (AvgIpc) is 2.61. The minimum absolute atomic E-state index is 0.0967. The largest absolute Gasteiger partial charge is 0.369 e. The Morgan fingerprint density at radius 1 is 1.28 bits per heavy atom. The number of nitrogens with zero attached hydrogens (tertiary/aromatic N) is 3. The number of hydrogen-bond donors (Lipinski definition) is 2. The molecule has 0 spiro atoms. The molecule has 1 saturated heterocycles. The van der Waals surface area contributed by atoms with Crippen LogP contribution in [0.1, 0.15) is 31.0 Å². The number of aromatic nitrogens is 3. The smallest absolute Gasteiger partial charge is 0.254 e. The first kappa shape index (κ1) is 17.6. The molecule has 134 valence electrons. The zero-order valence-electron chi connectivity index (χ0n) is 15.3. The third-order valence-corrected chi connectivity index (χ3v) is 5.04. The van der Waals surface area contributed by atoms with Gasteiger partial charge in [-0.3, -0.25) is 4.79 Å². The summed E-state index contributed by atoms with van der Waals surface area (Å²) in [7, 11) is 0. The number of aryl methyl sites for hydroxylation is 1. The second kappa shape index (κ2) is 7.78. The van der Waals surface area contributed by atoms with Gasteiger partial charge in [-0.2, -0.15) is 0 Å². The lowest BCUT2D eigenvalue weighted by Crippen LogP contribution is -2.36. The van der Waals surface area contributed by atoms with E-state index in [4.69, 9.17) is 0 Å². The molecule has 0 amide bonds. The first-order valence-electron chi connectivity index (χ1n) is 9.03. The van der Waals surface area contributed by atoms with Gasteiger partial charge in [0.15, 0.2) is 0 Å². The molecule has 6 nitrogen and oxygen atoms in total. The van der Waals surface area contributed by atoms with Crippen molar-refractivity contribution < 1.29 is 0 Å². The number of pyridine rings is 1. The van der Waals surface area contributed by atoms with E-state index < -0.39 is 0 Å². The van der Waals surface area contributed by atoms with Crippen molar-refractivity contribution in [3.8, 4) is 11.4 Å². The summed E-state index contributed by atoms with van der Waals surface area (Å²) in [5, 5.41) is 3.37. The van der Waals surface area contributed by atoms with Crippen molar-refractivity contribution in [1.29, 1.82) is 0 Å². The highest BCUT2D eigenvalue weighted by molar-refractivity contribution is 5.56. The molecule has 6 heteroatoms. The lowest BCUT2D eigenvalue weighted by molar-refractivity contribution is 0.199. The predicted molar refractivity (Wildman–Crippen MR) is 101 cm³/mol. The highest BCUT2D eigenvalue weighted by atomic mass is 16.1. The molecule has 25 heavy (non-hydrogen) atoms. The Kier molecular flexibility index (Phi) is 5.48. The van der Waals surface area contributed by atoms with Gasteiger partial charge >= 0.3 is 0 Å². The van der Waals surface area contributed by atoms with Crippen LogP contribution in [-0.4, -0.2) is 46.0 Å². The maximum absolute atomic E-state index is 11.9. The van der Waals surface area contributed by atoms with Crippen LogP contribution in [-0.2, 0) is 0 Å². The molecule has 2 aromatic heterocycles. The Balaban J connectivity index is 1.56. The molecule has 0 unspecified atom stereocenters. The van der Waals surface area contributed by atoms with Crippen LogP contribution in [0.25, 0.3) is 11.4 Å². The fourth-order valence-corrected chi connectivity index (χ4v) is 3.05. The summed E-state index contributed by atoms with van der Waals surface area (Å²) in [6.07, 6.45) is 4.35. The van der Waals surface area contributed by atoms with Crippen molar-refractivity contribution in [2.75, 3.05) is 31.5 Å². The first-order chi connectivity index (χ1) is 12.0. The Morgan fingerprint density at radius 2 is 2.04 bits per heavy atom. The van der Waals surface area contributed by atoms with E-state index >= 15 is 0 Å². The number of nitrogens with one attached hydrogen (secondary N) is 2. The van der Waals surface area contributed by atoms with Gasteiger partial charge in [-0.05, 0) is 57.8 Å². The quantitative estimate of drug-likeness (QED) is 0.874. The first-order valence-corrected chi connectivity index (χ1v) is 9.03. The molecular formula is C19H27N5O. The van der Waals surface area contributed by atoms with Crippen LogP contribution in [0.4, 0.5) is 5.82 Å². The summed E-state index contributed by atoms with van der Waals surface area (Å²) < 4.78 is 0. The van der Waals surface area contributed by atoms with Crippen molar-refractivity contribution in [3.63, 3.8) is 0 Å². The van der Waals surface area contributed by atoms with Crippen molar-refractivity contribution in [2.24, 2.45) is 5.92 Å². The maximum atomic E-state index is 11.9. The van der Waals surface area contributed by atoms with Crippen LogP contribution in [0.5, 0.6) is 0 Å². The van der Waals surface area contributed by atoms with Gasteiger partial charge < -0.3 is 15.2 Å². The van der Waals surface area contributed by atoms with Gasteiger partial charge in [0.05, 0.1) is 0 Å². The molecule has 2 N–H and O–H groups in total. The van der Waals surface area contributed by atoms with E-state index in [1.165, 1.54) is 25.9 Å². The number of likely N-dealkylation sites (tertiary alicyclic amines) is 1. The minimum Gasteiger partial charge on any atom is -0.369 e. The summed E-state index contributed by atoms with van der Waals surface area (Å²) in [6, 6.07) is 3.87. The lowest BCUT2D eigenvalue weighted by Gasteiger charge is -2.30. The second-order valence-corrected chi connectivity index (χ2v) is 7.01. The van der Waals surface area contributed by atoms with Crippen LogP contribution in [0.3, 0.4) is 0 Å². The maximum Gasteiger partial charge on any atom is 0.254 e. The minimum atomic E-state index is -0.0967. The van der Waals surface area contributed by atoms with Gasteiger partial charge in [0, 0.05) is 36.1 Å². The topological polar surface area (TPSA) is 73.9 Å². The van der Waals surface area contributed by atoms with E-state index in [1.54, 1.807) is 13.1 Å². The van der Waals surface area contributed by atoms with Crippen LogP contribution in [0, 0.1) is 19.8 Å². The van der Waals surface area contributed by atoms with Crippen molar-refractivity contribution >= 4 is 5.82 Å². The number of piperidine rings is 1. The normalized spacial score (nSPS) is 16.1. The molecule has 0 aliphatic carbocycles. The SMILES string of the molecule is Cc1nc(-c2ccc(NCCN3CCC(C)CC3)nc2)[nH]c(=O)c1C. The van der Waals surface area contributed by atoms with Crippen LogP contribution in [0.15, 0.2) is 23.1 Å². The molecule has 3 heterocycles. The fourth-order valence-electron chi connectivity index (χ4n) is 3.05. The summed E-state index contributed by atoms with van der Waals surface area (Å²) in [4.78, 5) is 26.1. The molecule has 0 atom stereocenters. The van der Waals surface area contributed by atoms with E-state index in [0.717, 1.165) is 36.1 Å². The van der Waals surface area contributed by atoms with Gasteiger partial charge in [-0.1, -0.05) is 6.92 Å². The number of rotatable bonds is 5. The van der Waals surface area contributed by atoms with E-state index in [2.05, 4.69) is 32.1 Å². The highest BCUT2D eigenvalue weighted by Gasteiger charge is 2.14. The number of anilines is 1. The van der Waals surface area contributed by atoms with Gasteiger partial charge in [-0.15, -0.1) is 0 Å². The van der Waals surface area contributed by atoms with Gasteiger partial charge in [0.1, 0.15) is 11.6 Å². The average molecular weight is 341 g/mol. The lowest BCUT2D eigenvalue weighted by atomic mass is 9.99. The summed E-state index contributed by atoms with van der Waals surface area (Å²) in [6.45, 7) is 10.3. The monoisotopic (exact) mass is 341 g/mol. The van der Waals surface area contributed by atoms with Crippen LogP contribution >= 0.6 is 0 Å².